The zero-order valence-corrected chi connectivity index (χ0v) is 7.83. The molecule has 0 atom stereocenters. The molecule has 0 amide bonds. The Bertz CT molecular complexity index is 85.7. The lowest BCUT2D eigenvalue weighted by molar-refractivity contribution is 0.0440. The van der Waals surface area contributed by atoms with Crippen LogP contribution in [-0.4, -0.2) is 30.8 Å². The largest absolute Gasteiger partial charge is 0.378 e. The van der Waals surface area contributed by atoms with Crippen LogP contribution >= 0.6 is 11.8 Å². The second-order valence-corrected chi connectivity index (χ2v) is 3.91. The Morgan fingerprint density at radius 1 is 1.50 bits per heavy atom. The molecule has 0 rings (SSSR count). The molecule has 10 heavy (non-hydrogen) atoms. The van der Waals surface area contributed by atoms with Gasteiger partial charge in [0.1, 0.15) is 0 Å². The van der Waals surface area contributed by atoms with Crippen LogP contribution in [0.15, 0.2) is 0 Å². The van der Waals surface area contributed by atoms with Crippen molar-refractivity contribution in [3.8, 4) is 0 Å². The summed E-state index contributed by atoms with van der Waals surface area (Å²) < 4.78 is 5.22. The second-order valence-electron chi connectivity index (χ2n) is 2.81. The van der Waals surface area contributed by atoms with Crippen molar-refractivity contribution in [1.82, 2.24) is 0 Å². The fraction of sp³-hybridized carbons (Fsp3) is 1.00. The van der Waals surface area contributed by atoms with Gasteiger partial charge in [0.25, 0.3) is 0 Å². The summed E-state index contributed by atoms with van der Waals surface area (Å²) in [5.74, 6) is 2.04. The third-order valence-corrected chi connectivity index (χ3v) is 2.69. The van der Waals surface area contributed by atoms with Gasteiger partial charge in [-0.1, -0.05) is 0 Å². The number of hydrogen-bond donors (Lipinski definition) is 1. The zero-order chi connectivity index (χ0) is 8.04. The van der Waals surface area contributed by atoms with Crippen molar-refractivity contribution in [3.63, 3.8) is 0 Å². The van der Waals surface area contributed by atoms with Crippen LogP contribution in [0.5, 0.6) is 0 Å². The van der Waals surface area contributed by atoms with Crippen molar-refractivity contribution in [3.05, 3.63) is 0 Å². The molecule has 0 aliphatic carbocycles. The van der Waals surface area contributed by atoms with E-state index < -0.39 is 0 Å². The van der Waals surface area contributed by atoms with Gasteiger partial charge in [-0.05, 0) is 13.8 Å². The third-order valence-electron chi connectivity index (χ3n) is 1.26. The fourth-order valence-electron chi connectivity index (χ4n) is 0.460. The molecule has 0 saturated heterocycles. The Kier molecular flexibility index (Phi) is 5.13. The Balaban J connectivity index is 3.28. The molecule has 0 unspecified atom stereocenters. The number of nitrogens with two attached hydrogens (primary N) is 1. The first-order valence-corrected chi connectivity index (χ1v) is 4.61. The van der Waals surface area contributed by atoms with E-state index in [4.69, 9.17) is 10.5 Å². The van der Waals surface area contributed by atoms with Crippen LogP contribution in [0.25, 0.3) is 0 Å². The highest BCUT2D eigenvalue weighted by atomic mass is 32.2. The molecular weight excluding hydrogens is 146 g/mol. The summed E-state index contributed by atoms with van der Waals surface area (Å²) in [5, 5.41) is 0. The quantitative estimate of drug-likeness (QED) is 0.616. The van der Waals surface area contributed by atoms with Crippen molar-refractivity contribution >= 4 is 11.8 Å². The Morgan fingerprint density at radius 2 is 2.10 bits per heavy atom. The minimum atomic E-state index is -0.000162. The number of methoxy groups -OCH3 is 1. The molecule has 0 spiro atoms. The van der Waals surface area contributed by atoms with E-state index in [-0.39, 0.29) is 5.60 Å². The lowest BCUT2D eigenvalue weighted by Crippen LogP contribution is -2.26. The van der Waals surface area contributed by atoms with Crippen LogP contribution < -0.4 is 5.73 Å². The molecule has 0 aliphatic rings. The molecule has 0 saturated carbocycles. The smallest absolute Gasteiger partial charge is 0.0712 e. The Hall–Kier alpha value is 0.270. The van der Waals surface area contributed by atoms with Gasteiger partial charge in [0, 0.05) is 25.2 Å². The highest BCUT2D eigenvalue weighted by Crippen LogP contribution is 2.14. The van der Waals surface area contributed by atoms with E-state index in [2.05, 4.69) is 13.8 Å². The number of hydrogen-bond acceptors (Lipinski definition) is 3. The molecule has 0 aromatic heterocycles. The first kappa shape index (κ1) is 10.3. The van der Waals surface area contributed by atoms with Gasteiger partial charge < -0.3 is 10.5 Å². The van der Waals surface area contributed by atoms with Crippen LogP contribution in [0.2, 0.25) is 0 Å². The lowest BCUT2D eigenvalue weighted by atomic mass is 10.2. The zero-order valence-electron chi connectivity index (χ0n) is 7.02. The van der Waals surface area contributed by atoms with Crippen LogP contribution in [0, 0.1) is 0 Å². The van der Waals surface area contributed by atoms with Gasteiger partial charge in [0.05, 0.1) is 5.60 Å². The van der Waals surface area contributed by atoms with Gasteiger partial charge in [0.2, 0.25) is 0 Å². The predicted molar refractivity (Wildman–Crippen MR) is 47.5 cm³/mol. The van der Waals surface area contributed by atoms with E-state index in [1.807, 2.05) is 11.8 Å². The topological polar surface area (TPSA) is 35.2 Å². The maximum atomic E-state index is 5.34. The van der Waals surface area contributed by atoms with Crippen LogP contribution in [0.4, 0.5) is 0 Å². The Morgan fingerprint density at radius 3 is 2.50 bits per heavy atom. The van der Waals surface area contributed by atoms with E-state index in [9.17, 15) is 0 Å². The maximum Gasteiger partial charge on any atom is 0.0712 e. The summed E-state index contributed by atoms with van der Waals surface area (Å²) in [7, 11) is 1.74. The predicted octanol–water partition coefficient (Wildman–Crippen LogP) is 1.10. The molecular formula is C7H17NOS. The number of ether oxygens (including phenoxy) is 1. The van der Waals surface area contributed by atoms with E-state index in [0.29, 0.717) is 0 Å². The maximum absolute atomic E-state index is 5.34. The molecule has 0 aromatic carbocycles. The normalized spacial score (nSPS) is 12.0. The summed E-state index contributed by atoms with van der Waals surface area (Å²) in [5.41, 5.74) is 5.34. The van der Waals surface area contributed by atoms with E-state index in [1.54, 1.807) is 7.11 Å². The van der Waals surface area contributed by atoms with E-state index in [0.717, 1.165) is 18.1 Å². The standard InChI is InChI=1S/C7H17NOS/c1-7(2,9-3)6-10-5-4-8/h4-6,8H2,1-3H3. The number of rotatable bonds is 5. The molecule has 0 heterocycles. The summed E-state index contributed by atoms with van der Waals surface area (Å²) in [6.45, 7) is 4.91. The average molecular weight is 163 g/mol. The molecule has 3 heteroatoms. The van der Waals surface area contributed by atoms with Gasteiger partial charge in [-0.15, -0.1) is 0 Å². The van der Waals surface area contributed by atoms with Gasteiger partial charge in [0.15, 0.2) is 0 Å². The van der Waals surface area contributed by atoms with E-state index >= 15 is 0 Å². The summed E-state index contributed by atoms with van der Waals surface area (Å²) in [4.78, 5) is 0. The lowest BCUT2D eigenvalue weighted by Gasteiger charge is -2.21. The minimum Gasteiger partial charge on any atom is -0.378 e. The van der Waals surface area contributed by atoms with Gasteiger partial charge >= 0.3 is 0 Å². The first-order chi connectivity index (χ1) is 4.62. The highest BCUT2D eigenvalue weighted by Gasteiger charge is 2.14. The van der Waals surface area contributed by atoms with Crippen LogP contribution in [0.3, 0.4) is 0 Å². The Labute approximate surface area is 67.5 Å². The van der Waals surface area contributed by atoms with Gasteiger partial charge in [-0.2, -0.15) is 11.8 Å². The molecule has 0 fully saturated rings. The SMILES string of the molecule is COC(C)(C)CSCCN. The van der Waals surface area contributed by atoms with Gasteiger partial charge in [-0.3, -0.25) is 0 Å². The molecule has 0 radical (unpaired) electrons. The first-order valence-electron chi connectivity index (χ1n) is 3.45. The fourth-order valence-corrected chi connectivity index (χ4v) is 1.38. The second kappa shape index (κ2) is 4.99. The van der Waals surface area contributed by atoms with Crippen LogP contribution in [-0.2, 0) is 4.74 Å². The molecule has 2 N–H and O–H groups in total. The summed E-state index contributed by atoms with van der Waals surface area (Å²) in [6, 6.07) is 0. The molecule has 0 aromatic rings. The van der Waals surface area contributed by atoms with Crippen molar-refractivity contribution in [2.75, 3.05) is 25.2 Å². The van der Waals surface area contributed by atoms with Crippen molar-refractivity contribution in [2.24, 2.45) is 5.73 Å². The van der Waals surface area contributed by atoms with Crippen molar-refractivity contribution < 1.29 is 4.74 Å². The molecule has 0 aliphatic heterocycles. The van der Waals surface area contributed by atoms with Crippen LogP contribution in [0.1, 0.15) is 13.8 Å². The third kappa shape index (κ3) is 5.09. The van der Waals surface area contributed by atoms with Crippen molar-refractivity contribution in [2.45, 2.75) is 19.4 Å². The monoisotopic (exact) mass is 163 g/mol. The minimum absolute atomic E-state index is 0.000162. The average Bonchev–Trinajstić information content (AvgIpc) is 1.89. The van der Waals surface area contributed by atoms with Crippen molar-refractivity contribution in [1.29, 1.82) is 0 Å². The molecule has 62 valence electrons. The van der Waals surface area contributed by atoms with E-state index in [1.165, 1.54) is 0 Å². The summed E-state index contributed by atoms with van der Waals surface area (Å²) >= 11 is 1.83. The molecule has 2 nitrogen and oxygen atoms in total. The number of thioether (sulfide) groups is 1. The highest BCUT2D eigenvalue weighted by molar-refractivity contribution is 7.99. The molecule has 0 bridgehead atoms. The van der Waals surface area contributed by atoms with Gasteiger partial charge in [-0.25, -0.2) is 0 Å². The summed E-state index contributed by atoms with van der Waals surface area (Å²) in [6.07, 6.45) is 0.